The van der Waals surface area contributed by atoms with Gasteiger partial charge in [-0.05, 0) is 44.5 Å². The summed E-state index contributed by atoms with van der Waals surface area (Å²) < 4.78 is 10.7. The van der Waals surface area contributed by atoms with Crippen LogP contribution in [0.4, 0.5) is 0 Å². The third kappa shape index (κ3) is 2.97. The summed E-state index contributed by atoms with van der Waals surface area (Å²) in [5, 5.41) is 9.08. The Morgan fingerprint density at radius 3 is 3.12 bits per heavy atom. The van der Waals surface area contributed by atoms with Crippen molar-refractivity contribution in [1.82, 2.24) is 15.6 Å². The van der Waals surface area contributed by atoms with E-state index >= 15 is 0 Å². The van der Waals surface area contributed by atoms with Crippen molar-refractivity contribution in [2.45, 2.75) is 31.8 Å². The average molecular weight is 345 g/mol. The molecule has 6 nitrogen and oxygen atoms in total. The van der Waals surface area contributed by atoms with Gasteiger partial charge in [0, 0.05) is 23.0 Å². The number of benzene rings is 1. The highest BCUT2D eigenvalue weighted by Crippen LogP contribution is 2.36. The van der Waals surface area contributed by atoms with Gasteiger partial charge < -0.3 is 20.1 Å². The molecular weight excluding hydrogens is 326 g/mol. The van der Waals surface area contributed by atoms with Crippen LogP contribution in [0.5, 0.6) is 11.5 Å². The number of nitrogens with one attached hydrogen (secondary N) is 2. The van der Waals surface area contributed by atoms with Gasteiger partial charge in [-0.2, -0.15) is 0 Å². The smallest absolute Gasteiger partial charge is 0.271 e. The molecule has 2 aromatic rings. The summed E-state index contributed by atoms with van der Waals surface area (Å²) in [6.45, 7) is 3.36. The van der Waals surface area contributed by atoms with E-state index in [1.807, 2.05) is 18.2 Å². The van der Waals surface area contributed by atoms with E-state index in [1.165, 1.54) is 11.3 Å². The van der Waals surface area contributed by atoms with Crippen LogP contribution >= 0.6 is 11.3 Å². The molecule has 1 aromatic carbocycles. The summed E-state index contributed by atoms with van der Waals surface area (Å²) in [7, 11) is 0. The van der Waals surface area contributed by atoms with Crippen LogP contribution in [0.1, 0.15) is 30.3 Å². The Balaban J connectivity index is 1.49. The molecule has 2 N–H and O–H groups in total. The zero-order valence-electron chi connectivity index (χ0n) is 13.4. The fraction of sp³-hybridized carbons (Fsp3) is 0.412. The van der Waals surface area contributed by atoms with Crippen molar-refractivity contribution >= 4 is 17.2 Å². The number of ether oxygens (including phenoxy) is 2. The maximum atomic E-state index is 12.5. The first-order valence-electron chi connectivity index (χ1n) is 8.10. The molecule has 24 heavy (non-hydrogen) atoms. The van der Waals surface area contributed by atoms with Crippen molar-refractivity contribution in [3.8, 4) is 22.1 Å². The van der Waals surface area contributed by atoms with Crippen LogP contribution in [0.25, 0.3) is 10.6 Å². The Kier molecular flexibility index (Phi) is 4.12. The third-order valence-electron chi connectivity index (χ3n) is 4.43. The molecule has 7 heteroatoms. The molecule has 0 saturated carbocycles. The molecule has 1 fully saturated rings. The predicted molar refractivity (Wildman–Crippen MR) is 91.6 cm³/mol. The lowest BCUT2D eigenvalue weighted by Gasteiger charge is -2.30. The Hall–Kier alpha value is -2.12. The zero-order chi connectivity index (χ0) is 16.5. The van der Waals surface area contributed by atoms with E-state index < -0.39 is 0 Å². The van der Waals surface area contributed by atoms with Gasteiger partial charge in [-0.3, -0.25) is 4.79 Å². The molecule has 1 saturated heterocycles. The van der Waals surface area contributed by atoms with Crippen molar-refractivity contribution < 1.29 is 14.3 Å². The maximum Gasteiger partial charge on any atom is 0.271 e. The number of nitrogens with zero attached hydrogens (tertiary/aromatic N) is 1. The largest absolute Gasteiger partial charge is 0.454 e. The van der Waals surface area contributed by atoms with Crippen LogP contribution < -0.4 is 20.1 Å². The molecule has 0 radical (unpaired) electrons. The number of amides is 1. The predicted octanol–water partition coefficient (Wildman–Crippen LogP) is 2.41. The fourth-order valence-electron chi connectivity index (χ4n) is 3.02. The lowest BCUT2D eigenvalue weighted by Crippen LogP contribution is -2.51. The standard InChI is InChI=1S/C17H19N3O3S/c1-10-12(3-2-6-18-10)19-16(21)13-8-24-17(20-13)11-4-5-14-15(7-11)23-9-22-14/h4-5,7-8,10,12,18H,2-3,6,9H2,1H3,(H,19,21). The maximum absolute atomic E-state index is 12.5. The van der Waals surface area contributed by atoms with E-state index in [1.54, 1.807) is 5.38 Å². The van der Waals surface area contributed by atoms with Crippen LogP contribution in [0, 0.1) is 0 Å². The quantitative estimate of drug-likeness (QED) is 0.894. The molecule has 0 aliphatic carbocycles. The second-order valence-electron chi connectivity index (χ2n) is 6.07. The zero-order valence-corrected chi connectivity index (χ0v) is 14.2. The number of hydrogen-bond acceptors (Lipinski definition) is 6. The van der Waals surface area contributed by atoms with Crippen molar-refractivity contribution in [2.75, 3.05) is 13.3 Å². The normalized spacial score (nSPS) is 22.4. The van der Waals surface area contributed by atoms with Gasteiger partial charge in [-0.1, -0.05) is 0 Å². The Labute approximate surface area is 144 Å². The number of thiazole rings is 1. The molecule has 3 heterocycles. The van der Waals surface area contributed by atoms with E-state index in [-0.39, 0.29) is 24.8 Å². The lowest BCUT2D eigenvalue weighted by molar-refractivity contribution is 0.0915. The van der Waals surface area contributed by atoms with Crippen LogP contribution in [0.15, 0.2) is 23.6 Å². The van der Waals surface area contributed by atoms with Gasteiger partial charge in [0.15, 0.2) is 11.5 Å². The second-order valence-corrected chi connectivity index (χ2v) is 6.93. The van der Waals surface area contributed by atoms with E-state index in [0.29, 0.717) is 5.69 Å². The minimum Gasteiger partial charge on any atom is -0.454 e. The van der Waals surface area contributed by atoms with Gasteiger partial charge in [0.2, 0.25) is 6.79 Å². The summed E-state index contributed by atoms with van der Waals surface area (Å²) in [6, 6.07) is 6.14. The first-order valence-corrected chi connectivity index (χ1v) is 8.98. The van der Waals surface area contributed by atoms with E-state index in [2.05, 4.69) is 22.5 Å². The molecule has 0 bridgehead atoms. The average Bonchev–Trinajstić information content (AvgIpc) is 3.25. The van der Waals surface area contributed by atoms with Gasteiger partial charge in [-0.15, -0.1) is 11.3 Å². The number of hydrogen-bond donors (Lipinski definition) is 2. The summed E-state index contributed by atoms with van der Waals surface area (Å²) in [5.41, 5.74) is 1.39. The van der Waals surface area contributed by atoms with Crippen molar-refractivity contribution in [1.29, 1.82) is 0 Å². The molecule has 0 spiro atoms. The molecule has 2 unspecified atom stereocenters. The first kappa shape index (κ1) is 15.4. The SMILES string of the molecule is CC1NCCCC1NC(=O)c1csc(-c2ccc3c(c2)OCO3)n1. The minimum atomic E-state index is -0.112. The molecule has 126 valence electrons. The Morgan fingerprint density at radius 1 is 1.38 bits per heavy atom. The topological polar surface area (TPSA) is 72.5 Å². The Morgan fingerprint density at radius 2 is 2.25 bits per heavy atom. The summed E-state index contributed by atoms with van der Waals surface area (Å²) in [4.78, 5) is 16.9. The van der Waals surface area contributed by atoms with Crippen LogP contribution in [-0.2, 0) is 0 Å². The number of carbonyl (C=O) groups is 1. The van der Waals surface area contributed by atoms with Gasteiger partial charge in [-0.25, -0.2) is 4.98 Å². The molecule has 4 rings (SSSR count). The van der Waals surface area contributed by atoms with E-state index in [4.69, 9.17) is 9.47 Å². The lowest BCUT2D eigenvalue weighted by atomic mass is 10.00. The molecule has 1 amide bonds. The highest BCUT2D eigenvalue weighted by atomic mass is 32.1. The highest BCUT2D eigenvalue weighted by Gasteiger charge is 2.24. The van der Waals surface area contributed by atoms with Gasteiger partial charge in [0.25, 0.3) is 5.91 Å². The van der Waals surface area contributed by atoms with E-state index in [9.17, 15) is 4.79 Å². The van der Waals surface area contributed by atoms with Crippen molar-refractivity contribution in [3.05, 3.63) is 29.3 Å². The minimum absolute atomic E-state index is 0.112. The number of carbonyl (C=O) groups excluding carboxylic acids is 1. The summed E-state index contributed by atoms with van der Waals surface area (Å²) in [6.07, 6.45) is 2.08. The van der Waals surface area contributed by atoms with Crippen LogP contribution in [-0.4, -0.2) is 36.3 Å². The number of aromatic nitrogens is 1. The molecular formula is C17H19N3O3S. The molecule has 2 atom stereocenters. The molecule has 2 aliphatic heterocycles. The van der Waals surface area contributed by atoms with Crippen LogP contribution in [0.2, 0.25) is 0 Å². The van der Waals surface area contributed by atoms with Gasteiger partial charge in [0.05, 0.1) is 0 Å². The third-order valence-corrected chi connectivity index (χ3v) is 5.33. The Bertz CT molecular complexity index is 761. The highest BCUT2D eigenvalue weighted by molar-refractivity contribution is 7.13. The number of fused-ring (bicyclic) bond motifs is 1. The van der Waals surface area contributed by atoms with E-state index in [0.717, 1.165) is 41.5 Å². The van der Waals surface area contributed by atoms with Crippen molar-refractivity contribution in [2.24, 2.45) is 0 Å². The number of rotatable bonds is 3. The molecule has 1 aromatic heterocycles. The number of piperidine rings is 1. The summed E-state index contributed by atoms with van der Waals surface area (Å²) in [5.74, 6) is 1.35. The fourth-order valence-corrected chi connectivity index (χ4v) is 3.82. The van der Waals surface area contributed by atoms with Crippen molar-refractivity contribution in [3.63, 3.8) is 0 Å². The monoisotopic (exact) mass is 345 g/mol. The molecule has 2 aliphatic rings. The second kappa shape index (κ2) is 6.41. The summed E-state index contributed by atoms with van der Waals surface area (Å²) >= 11 is 1.46. The van der Waals surface area contributed by atoms with Gasteiger partial charge in [0.1, 0.15) is 10.7 Å². The first-order chi connectivity index (χ1) is 11.7. The van der Waals surface area contributed by atoms with Gasteiger partial charge >= 0.3 is 0 Å². The van der Waals surface area contributed by atoms with Crippen LogP contribution in [0.3, 0.4) is 0 Å².